The van der Waals surface area contributed by atoms with Crippen LogP contribution in [0, 0.1) is 0 Å². The standard InChI is InChI=1S/C9H11NO2/c11-7-1-2-8(9(12)3-7)6-4-10-5-6/h1-3,6,10-12H,4-5H2. The summed E-state index contributed by atoms with van der Waals surface area (Å²) in [6.45, 7) is 1.83. The van der Waals surface area contributed by atoms with Gasteiger partial charge in [-0.3, -0.25) is 0 Å². The lowest BCUT2D eigenvalue weighted by molar-refractivity contribution is 0.407. The van der Waals surface area contributed by atoms with Crippen molar-refractivity contribution in [1.29, 1.82) is 0 Å². The molecule has 0 aromatic heterocycles. The monoisotopic (exact) mass is 165 g/mol. The molecule has 0 atom stereocenters. The summed E-state index contributed by atoms with van der Waals surface area (Å²) in [4.78, 5) is 0. The Kier molecular flexibility index (Phi) is 1.66. The van der Waals surface area contributed by atoms with Crippen LogP contribution >= 0.6 is 0 Å². The molecule has 3 heteroatoms. The summed E-state index contributed by atoms with van der Waals surface area (Å²) in [5, 5.41) is 21.6. The zero-order valence-electron chi connectivity index (χ0n) is 6.62. The van der Waals surface area contributed by atoms with E-state index >= 15 is 0 Å². The average Bonchev–Trinajstić information content (AvgIpc) is 1.91. The van der Waals surface area contributed by atoms with Crippen LogP contribution in [0.4, 0.5) is 0 Å². The van der Waals surface area contributed by atoms with Crippen LogP contribution in [0.2, 0.25) is 0 Å². The van der Waals surface area contributed by atoms with Gasteiger partial charge in [0, 0.05) is 25.1 Å². The molecular formula is C9H11NO2. The Morgan fingerprint density at radius 3 is 2.50 bits per heavy atom. The van der Waals surface area contributed by atoms with Crippen molar-refractivity contribution in [3.63, 3.8) is 0 Å². The third-order valence-electron chi connectivity index (χ3n) is 2.24. The van der Waals surface area contributed by atoms with Crippen LogP contribution in [0.15, 0.2) is 18.2 Å². The van der Waals surface area contributed by atoms with Crippen molar-refractivity contribution >= 4 is 0 Å². The molecule has 1 saturated heterocycles. The smallest absolute Gasteiger partial charge is 0.122 e. The zero-order valence-corrected chi connectivity index (χ0v) is 6.62. The highest BCUT2D eigenvalue weighted by Crippen LogP contribution is 2.30. The SMILES string of the molecule is Oc1ccc(C2CNC2)c(O)c1. The van der Waals surface area contributed by atoms with Gasteiger partial charge in [0.2, 0.25) is 0 Å². The van der Waals surface area contributed by atoms with Crippen molar-refractivity contribution in [3.8, 4) is 11.5 Å². The lowest BCUT2D eigenvalue weighted by atomic mass is 9.93. The highest BCUT2D eigenvalue weighted by molar-refractivity contribution is 5.42. The second kappa shape index (κ2) is 2.68. The summed E-state index contributed by atoms with van der Waals surface area (Å²) in [6.07, 6.45) is 0. The summed E-state index contributed by atoms with van der Waals surface area (Å²) in [7, 11) is 0. The Morgan fingerprint density at radius 1 is 1.25 bits per heavy atom. The molecule has 0 bridgehead atoms. The molecule has 64 valence electrons. The predicted molar refractivity (Wildman–Crippen MR) is 45.4 cm³/mol. The number of hydrogen-bond donors (Lipinski definition) is 3. The highest BCUT2D eigenvalue weighted by atomic mass is 16.3. The number of phenols is 2. The van der Waals surface area contributed by atoms with Crippen molar-refractivity contribution in [2.75, 3.05) is 13.1 Å². The first-order valence-electron chi connectivity index (χ1n) is 4.00. The number of hydrogen-bond acceptors (Lipinski definition) is 3. The summed E-state index contributed by atoms with van der Waals surface area (Å²) in [5.41, 5.74) is 0.923. The van der Waals surface area contributed by atoms with Gasteiger partial charge in [0.05, 0.1) is 0 Å². The number of aromatic hydroxyl groups is 2. The van der Waals surface area contributed by atoms with Crippen molar-refractivity contribution in [2.24, 2.45) is 0 Å². The lowest BCUT2D eigenvalue weighted by Crippen LogP contribution is -2.39. The Morgan fingerprint density at radius 2 is 2.00 bits per heavy atom. The molecule has 3 nitrogen and oxygen atoms in total. The lowest BCUT2D eigenvalue weighted by Gasteiger charge is -2.27. The van der Waals surface area contributed by atoms with Gasteiger partial charge in [-0.2, -0.15) is 0 Å². The number of benzene rings is 1. The van der Waals surface area contributed by atoms with Gasteiger partial charge in [0.15, 0.2) is 0 Å². The molecule has 12 heavy (non-hydrogen) atoms. The van der Waals surface area contributed by atoms with Gasteiger partial charge in [-0.25, -0.2) is 0 Å². The van der Waals surface area contributed by atoms with Crippen LogP contribution < -0.4 is 5.32 Å². The molecule has 2 rings (SSSR count). The molecule has 0 unspecified atom stereocenters. The Labute approximate surface area is 70.7 Å². The molecule has 0 radical (unpaired) electrons. The van der Waals surface area contributed by atoms with E-state index in [1.165, 1.54) is 6.07 Å². The molecule has 3 N–H and O–H groups in total. The van der Waals surface area contributed by atoms with E-state index in [0.717, 1.165) is 18.7 Å². The van der Waals surface area contributed by atoms with E-state index < -0.39 is 0 Å². The van der Waals surface area contributed by atoms with Gasteiger partial charge in [-0.15, -0.1) is 0 Å². The number of nitrogens with one attached hydrogen (secondary N) is 1. The first-order chi connectivity index (χ1) is 5.77. The zero-order chi connectivity index (χ0) is 8.55. The quantitative estimate of drug-likeness (QED) is 0.576. The molecule has 1 heterocycles. The highest BCUT2D eigenvalue weighted by Gasteiger charge is 2.21. The second-order valence-corrected chi connectivity index (χ2v) is 3.10. The molecule has 1 fully saturated rings. The van der Waals surface area contributed by atoms with E-state index in [4.69, 9.17) is 5.11 Å². The fourth-order valence-corrected chi connectivity index (χ4v) is 1.39. The first kappa shape index (κ1) is 7.43. The molecule has 1 aliphatic rings. The normalized spacial score (nSPS) is 17.3. The summed E-state index contributed by atoms with van der Waals surface area (Å²) in [5.74, 6) is 0.718. The molecular weight excluding hydrogens is 154 g/mol. The molecule has 1 aliphatic heterocycles. The predicted octanol–water partition coefficient (Wildman–Crippen LogP) is 0.785. The van der Waals surface area contributed by atoms with E-state index in [1.807, 2.05) is 0 Å². The maximum absolute atomic E-state index is 9.44. The summed E-state index contributed by atoms with van der Waals surface area (Å²) in [6, 6.07) is 4.76. The Bertz CT molecular complexity index is 295. The van der Waals surface area contributed by atoms with Gasteiger partial charge >= 0.3 is 0 Å². The molecule has 1 aromatic rings. The third-order valence-corrected chi connectivity index (χ3v) is 2.24. The maximum Gasteiger partial charge on any atom is 0.122 e. The van der Waals surface area contributed by atoms with E-state index in [9.17, 15) is 5.11 Å². The van der Waals surface area contributed by atoms with Crippen LogP contribution in [-0.4, -0.2) is 23.3 Å². The molecule has 0 saturated carbocycles. The van der Waals surface area contributed by atoms with Crippen LogP contribution in [0.3, 0.4) is 0 Å². The number of phenolic OH excluding ortho intramolecular Hbond substituents is 2. The Hall–Kier alpha value is -1.22. The van der Waals surface area contributed by atoms with Crippen molar-refractivity contribution in [2.45, 2.75) is 5.92 Å². The van der Waals surface area contributed by atoms with Gasteiger partial charge in [0.25, 0.3) is 0 Å². The summed E-state index contributed by atoms with van der Waals surface area (Å²) < 4.78 is 0. The fraction of sp³-hybridized carbons (Fsp3) is 0.333. The molecule has 1 aromatic carbocycles. The Balaban J connectivity index is 2.31. The average molecular weight is 165 g/mol. The second-order valence-electron chi connectivity index (χ2n) is 3.10. The van der Waals surface area contributed by atoms with E-state index in [-0.39, 0.29) is 11.5 Å². The van der Waals surface area contributed by atoms with Crippen LogP contribution in [0.5, 0.6) is 11.5 Å². The van der Waals surface area contributed by atoms with Crippen molar-refractivity contribution < 1.29 is 10.2 Å². The van der Waals surface area contributed by atoms with Crippen LogP contribution in [0.25, 0.3) is 0 Å². The van der Waals surface area contributed by atoms with Crippen LogP contribution in [-0.2, 0) is 0 Å². The van der Waals surface area contributed by atoms with Gasteiger partial charge in [-0.05, 0) is 11.6 Å². The van der Waals surface area contributed by atoms with Crippen LogP contribution in [0.1, 0.15) is 11.5 Å². The van der Waals surface area contributed by atoms with E-state index in [0.29, 0.717) is 5.92 Å². The fourth-order valence-electron chi connectivity index (χ4n) is 1.39. The minimum absolute atomic E-state index is 0.114. The molecule has 0 amide bonds. The largest absolute Gasteiger partial charge is 0.508 e. The molecule has 0 spiro atoms. The maximum atomic E-state index is 9.44. The van der Waals surface area contributed by atoms with Gasteiger partial charge < -0.3 is 15.5 Å². The van der Waals surface area contributed by atoms with Gasteiger partial charge in [0.1, 0.15) is 11.5 Å². The first-order valence-corrected chi connectivity index (χ1v) is 4.00. The topological polar surface area (TPSA) is 52.5 Å². The van der Waals surface area contributed by atoms with E-state index in [2.05, 4.69) is 5.32 Å². The number of rotatable bonds is 1. The van der Waals surface area contributed by atoms with Crippen molar-refractivity contribution in [3.05, 3.63) is 23.8 Å². The molecule has 0 aliphatic carbocycles. The van der Waals surface area contributed by atoms with Gasteiger partial charge in [-0.1, -0.05) is 6.07 Å². The van der Waals surface area contributed by atoms with Crippen molar-refractivity contribution in [1.82, 2.24) is 5.32 Å². The minimum atomic E-state index is 0.114. The third kappa shape index (κ3) is 1.12. The van der Waals surface area contributed by atoms with E-state index in [1.54, 1.807) is 12.1 Å². The minimum Gasteiger partial charge on any atom is -0.508 e. The summed E-state index contributed by atoms with van der Waals surface area (Å²) >= 11 is 0.